The average Bonchev–Trinajstić information content (AvgIpc) is 2.99. The van der Waals surface area contributed by atoms with Crippen LogP contribution in [0.4, 0.5) is 0 Å². The van der Waals surface area contributed by atoms with Gasteiger partial charge in [-0.15, -0.1) is 11.6 Å². The molecule has 98 valence electrons. The van der Waals surface area contributed by atoms with E-state index in [4.69, 9.17) is 11.6 Å². The van der Waals surface area contributed by atoms with Gasteiger partial charge >= 0.3 is 0 Å². The first-order valence-corrected chi connectivity index (χ1v) is 6.79. The van der Waals surface area contributed by atoms with E-state index in [9.17, 15) is 0 Å². The van der Waals surface area contributed by atoms with Gasteiger partial charge in [-0.25, -0.2) is 9.97 Å². The summed E-state index contributed by atoms with van der Waals surface area (Å²) in [5.74, 6) is 2.41. The van der Waals surface area contributed by atoms with Crippen LogP contribution in [0.3, 0.4) is 0 Å². The zero-order valence-corrected chi connectivity index (χ0v) is 11.5. The van der Waals surface area contributed by atoms with E-state index in [0.29, 0.717) is 5.88 Å². The maximum atomic E-state index is 5.99. The Morgan fingerprint density at radius 1 is 1.21 bits per heavy atom. The number of fused-ring (bicyclic) bond motifs is 1. The summed E-state index contributed by atoms with van der Waals surface area (Å²) in [6, 6.07) is 8.12. The smallest absolute Gasteiger partial charge is 0.124 e. The monoisotopic (exact) mass is 274 g/mol. The Balaban J connectivity index is 1.93. The molecule has 1 aromatic carbocycles. The van der Waals surface area contributed by atoms with Crippen LogP contribution >= 0.6 is 11.6 Å². The zero-order valence-electron chi connectivity index (χ0n) is 10.8. The van der Waals surface area contributed by atoms with Gasteiger partial charge < -0.3 is 9.13 Å². The van der Waals surface area contributed by atoms with E-state index in [2.05, 4.69) is 20.6 Å². The Kier molecular flexibility index (Phi) is 3.25. The maximum Gasteiger partial charge on any atom is 0.124 e. The van der Waals surface area contributed by atoms with E-state index in [1.165, 1.54) is 0 Å². The number of benzene rings is 1. The molecule has 0 aliphatic heterocycles. The third kappa shape index (κ3) is 2.24. The number of nitrogens with zero attached hydrogens (tertiary/aromatic N) is 4. The summed E-state index contributed by atoms with van der Waals surface area (Å²) in [4.78, 5) is 8.90. The molecule has 0 saturated carbocycles. The number of para-hydroxylation sites is 2. The molecule has 0 aliphatic carbocycles. The second kappa shape index (κ2) is 5.05. The summed E-state index contributed by atoms with van der Waals surface area (Å²) in [6.07, 6.45) is 4.65. The number of rotatable bonds is 4. The molecule has 0 saturated heterocycles. The number of hydrogen-bond donors (Lipinski definition) is 0. The van der Waals surface area contributed by atoms with Crippen molar-refractivity contribution in [1.82, 2.24) is 19.1 Å². The average molecular weight is 275 g/mol. The van der Waals surface area contributed by atoms with Crippen LogP contribution < -0.4 is 0 Å². The third-order valence-corrected chi connectivity index (χ3v) is 3.57. The molecule has 19 heavy (non-hydrogen) atoms. The first-order valence-electron chi connectivity index (χ1n) is 6.26. The van der Waals surface area contributed by atoms with Gasteiger partial charge in [0, 0.05) is 32.4 Å². The van der Waals surface area contributed by atoms with Crippen LogP contribution in [-0.2, 0) is 25.9 Å². The number of aryl methyl sites for hydroxylation is 3. The van der Waals surface area contributed by atoms with Crippen LogP contribution in [0.15, 0.2) is 36.7 Å². The summed E-state index contributed by atoms with van der Waals surface area (Å²) in [7, 11) is 2.01. The Morgan fingerprint density at radius 3 is 2.79 bits per heavy atom. The van der Waals surface area contributed by atoms with E-state index in [-0.39, 0.29) is 0 Å². The fraction of sp³-hybridized carbons (Fsp3) is 0.286. The lowest BCUT2D eigenvalue weighted by Crippen LogP contribution is -2.08. The van der Waals surface area contributed by atoms with Gasteiger partial charge in [0.25, 0.3) is 0 Å². The Bertz CT molecular complexity index is 698. The minimum Gasteiger partial charge on any atom is -0.338 e. The lowest BCUT2D eigenvalue weighted by molar-refractivity contribution is 0.646. The lowest BCUT2D eigenvalue weighted by atomic mass is 10.3. The molecule has 0 fully saturated rings. The lowest BCUT2D eigenvalue weighted by Gasteiger charge is -2.07. The predicted molar refractivity (Wildman–Crippen MR) is 76.2 cm³/mol. The highest BCUT2D eigenvalue weighted by Gasteiger charge is 2.10. The Morgan fingerprint density at radius 2 is 2.05 bits per heavy atom. The highest BCUT2D eigenvalue weighted by atomic mass is 35.5. The molecular formula is C14H15ClN4. The number of halogens is 1. The Labute approximate surface area is 116 Å². The van der Waals surface area contributed by atoms with Gasteiger partial charge in [-0.05, 0) is 12.1 Å². The Hall–Kier alpha value is -1.81. The van der Waals surface area contributed by atoms with Crippen molar-refractivity contribution in [3.63, 3.8) is 0 Å². The molecule has 2 heterocycles. The van der Waals surface area contributed by atoms with Crippen LogP contribution in [0.25, 0.3) is 11.0 Å². The van der Waals surface area contributed by atoms with Gasteiger partial charge in [-0.2, -0.15) is 0 Å². The largest absolute Gasteiger partial charge is 0.338 e. The number of hydrogen-bond acceptors (Lipinski definition) is 2. The van der Waals surface area contributed by atoms with Crippen molar-refractivity contribution in [3.8, 4) is 0 Å². The summed E-state index contributed by atoms with van der Waals surface area (Å²) < 4.78 is 4.22. The van der Waals surface area contributed by atoms with Crippen molar-refractivity contribution in [2.75, 3.05) is 0 Å². The van der Waals surface area contributed by atoms with Crippen molar-refractivity contribution in [3.05, 3.63) is 48.3 Å². The van der Waals surface area contributed by atoms with Gasteiger partial charge in [0.2, 0.25) is 0 Å². The molecule has 0 spiro atoms. The van der Waals surface area contributed by atoms with Crippen molar-refractivity contribution in [2.24, 2.45) is 7.05 Å². The second-order valence-corrected chi connectivity index (χ2v) is 4.77. The number of imidazole rings is 2. The van der Waals surface area contributed by atoms with E-state index in [1.54, 1.807) is 0 Å². The van der Waals surface area contributed by atoms with Gasteiger partial charge in [-0.3, -0.25) is 0 Å². The van der Waals surface area contributed by atoms with E-state index in [0.717, 1.165) is 35.6 Å². The molecule has 5 heteroatoms. The molecule has 3 rings (SSSR count). The van der Waals surface area contributed by atoms with Crippen molar-refractivity contribution >= 4 is 22.6 Å². The molecule has 4 nitrogen and oxygen atoms in total. The minimum atomic E-state index is 0.426. The van der Waals surface area contributed by atoms with Crippen LogP contribution in [0.1, 0.15) is 11.6 Å². The maximum absolute atomic E-state index is 5.99. The standard InChI is InChI=1S/C14H15ClN4/c1-18-9-7-16-13(18)6-8-19-12-5-3-2-4-11(12)17-14(19)10-15/h2-5,7,9H,6,8,10H2,1H3. The molecule has 0 atom stereocenters. The van der Waals surface area contributed by atoms with E-state index >= 15 is 0 Å². The summed E-state index contributed by atoms with van der Waals surface area (Å²) in [6.45, 7) is 0.841. The topological polar surface area (TPSA) is 35.6 Å². The van der Waals surface area contributed by atoms with Gasteiger partial charge in [0.05, 0.1) is 16.9 Å². The predicted octanol–water partition coefficient (Wildman–Crippen LogP) is 2.75. The molecule has 0 amide bonds. The highest BCUT2D eigenvalue weighted by Crippen LogP contribution is 2.17. The summed E-state index contributed by atoms with van der Waals surface area (Å²) in [5, 5.41) is 0. The molecule has 0 unspecified atom stereocenters. The summed E-state index contributed by atoms with van der Waals surface area (Å²) >= 11 is 5.99. The fourth-order valence-electron chi connectivity index (χ4n) is 2.33. The highest BCUT2D eigenvalue weighted by molar-refractivity contribution is 6.16. The number of aromatic nitrogens is 4. The summed E-state index contributed by atoms with van der Waals surface area (Å²) in [5.41, 5.74) is 2.13. The third-order valence-electron chi connectivity index (χ3n) is 3.33. The molecule has 0 aliphatic rings. The van der Waals surface area contributed by atoms with Crippen LogP contribution in [0.5, 0.6) is 0 Å². The van der Waals surface area contributed by atoms with Crippen molar-refractivity contribution in [2.45, 2.75) is 18.8 Å². The van der Waals surface area contributed by atoms with Gasteiger partial charge in [0.15, 0.2) is 0 Å². The van der Waals surface area contributed by atoms with Gasteiger partial charge in [0.1, 0.15) is 11.6 Å². The van der Waals surface area contributed by atoms with E-state index in [1.807, 2.05) is 42.2 Å². The molecule has 0 radical (unpaired) electrons. The number of alkyl halides is 1. The molecule has 3 aromatic rings. The van der Waals surface area contributed by atoms with Crippen LogP contribution in [-0.4, -0.2) is 19.1 Å². The first-order chi connectivity index (χ1) is 9.29. The second-order valence-electron chi connectivity index (χ2n) is 4.51. The van der Waals surface area contributed by atoms with Gasteiger partial charge in [-0.1, -0.05) is 12.1 Å². The quantitative estimate of drug-likeness (QED) is 0.686. The molecule has 0 bridgehead atoms. The SMILES string of the molecule is Cn1ccnc1CCn1c(CCl)nc2ccccc21. The fourth-order valence-corrected chi connectivity index (χ4v) is 2.53. The zero-order chi connectivity index (χ0) is 13.2. The van der Waals surface area contributed by atoms with Crippen molar-refractivity contribution < 1.29 is 0 Å². The van der Waals surface area contributed by atoms with Crippen LogP contribution in [0.2, 0.25) is 0 Å². The van der Waals surface area contributed by atoms with Crippen LogP contribution in [0, 0.1) is 0 Å². The minimum absolute atomic E-state index is 0.426. The first kappa shape index (κ1) is 12.2. The molecule has 2 aromatic heterocycles. The molecule has 0 N–H and O–H groups in total. The molecular weight excluding hydrogens is 260 g/mol. The van der Waals surface area contributed by atoms with E-state index < -0.39 is 0 Å². The normalized spacial score (nSPS) is 11.3. The van der Waals surface area contributed by atoms with Crippen molar-refractivity contribution in [1.29, 1.82) is 0 Å².